The first kappa shape index (κ1) is 13.6. The Morgan fingerprint density at radius 3 is 1.96 bits per heavy atom. The Labute approximate surface area is 133 Å². The lowest BCUT2D eigenvalue weighted by molar-refractivity contribution is 0.0972. The van der Waals surface area contributed by atoms with Crippen LogP contribution in [0.1, 0.15) is 5.56 Å². The number of fused-ring (bicyclic) bond motifs is 2. The molecule has 1 heterocycles. The van der Waals surface area contributed by atoms with Gasteiger partial charge in [-0.2, -0.15) is 4.73 Å². The average molecular weight is 301 g/mol. The molecule has 1 aromatic heterocycles. The third-order valence-corrected chi connectivity index (χ3v) is 4.01. The predicted molar refractivity (Wildman–Crippen MR) is 92.4 cm³/mol. The van der Waals surface area contributed by atoms with E-state index in [9.17, 15) is 4.79 Å². The highest BCUT2D eigenvalue weighted by atomic mass is 16.7. The maximum absolute atomic E-state index is 11.2. The maximum Gasteiger partial charge on any atom is 0.181 e. The lowest BCUT2D eigenvalue weighted by atomic mass is 9.97. The summed E-state index contributed by atoms with van der Waals surface area (Å²) in [4.78, 5) is 17.0. The van der Waals surface area contributed by atoms with Gasteiger partial charge in [0.1, 0.15) is 6.61 Å². The molecule has 0 unspecified atom stereocenters. The van der Waals surface area contributed by atoms with Gasteiger partial charge < -0.3 is 4.84 Å². The zero-order valence-corrected chi connectivity index (χ0v) is 12.5. The summed E-state index contributed by atoms with van der Waals surface area (Å²) in [6.07, 6.45) is 3.27. The van der Waals surface area contributed by atoms with Crippen LogP contribution in [0.3, 0.4) is 0 Å². The van der Waals surface area contributed by atoms with Crippen LogP contribution in [-0.2, 0) is 6.61 Å². The molecule has 112 valence electrons. The topological polar surface area (TPSA) is 31.2 Å². The molecular formula is C20H15NO2. The number of hydrogen-bond acceptors (Lipinski definition) is 2. The summed E-state index contributed by atoms with van der Waals surface area (Å²) in [7, 11) is 0. The SMILES string of the molecule is O=c1ccn(OCc2c3ccccc3cc3ccccc23)cc1. The summed E-state index contributed by atoms with van der Waals surface area (Å²) in [6.45, 7) is 0.435. The van der Waals surface area contributed by atoms with Crippen LogP contribution >= 0.6 is 0 Å². The van der Waals surface area contributed by atoms with Crippen molar-refractivity contribution in [2.45, 2.75) is 6.61 Å². The van der Waals surface area contributed by atoms with Gasteiger partial charge in [-0.05, 0) is 27.6 Å². The first-order valence-corrected chi connectivity index (χ1v) is 7.52. The number of rotatable bonds is 3. The quantitative estimate of drug-likeness (QED) is 0.539. The zero-order valence-electron chi connectivity index (χ0n) is 12.5. The Morgan fingerprint density at radius 1 is 0.783 bits per heavy atom. The Hall–Kier alpha value is -3.07. The summed E-state index contributed by atoms with van der Waals surface area (Å²) in [5, 5.41) is 4.77. The van der Waals surface area contributed by atoms with Gasteiger partial charge in [-0.15, -0.1) is 0 Å². The molecule has 3 aromatic carbocycles. The minimum atomic E-state index is -0.0274. The van der Waals surface area contributed by atoms with Crippen molar-refractivity contribution in [1.29, 1.82) is 0 Å². The van der Waals surface area contributed by atoms with Crippen LogP contribution in [0.2, 0.25) is 0 Å². The fourth-order valence-electron chi connectivity index (χ4n) is 2.89. The normalized spacial score (nSPS) is 11.0. The third-order valence-electron chi connectivity index (χ3n) is 4.01. The van der Waals surface area contributed by atoms with Gasteiger partial charge in [0.05, 0.1) is 0 Å². The van der Waals surface area contributed by atoms with E-state index in [0.717, 1.165) is 5.56 Å². The molecule has 0 fully saturated rings. The van der Waals surface area contributed by atoms with Crippen LogP contribution in [0.5, 0.6) is 0 Å². The minimum absolute atomic E-state index is 0.0274. The molecule has 0 aliphatic carbocycles. The molecule has 0 amide bonds. The van der Waals surface area contributed by atoms with Gasteiger partial charge in [-0.3, -0.25) is 4.79 Å². The van der Waals surface area contributed by atoms with E-state index >= 15 is 0 Å². The fraction of sp³-hybridized carbons (Fsp3) is 0.0500. The Balaban J connectivity index is 1.82. The van der Waals surface area contributed by atoms with Crippen LogP contribution in [0, 0.1) is 0 Å². The molecule has 4 aromatic rings. The molecule has 0 aliphatic rings. The lowest BCUT2D eigenvalue weighted by Crippen LogP contribution is -2.13. The Kier molecular flexibility index (Phi) is 3.31. The maximum atomic E-state index is 11.2. The zero-order chi connectivity index (χ0) is 15.6. The molecule has 0 spiro atoms. The number of hydrogen-bond donors (Lipinski definition) is 0. The standard InChI is InChI=1S/C20H15NO2/c22-17-9-11-21(12-10-17)23-14-20-18-7-3-1-5-15(18)13-16-6-2-4-8-19(16)20/h1-13H,14H2. The predicted octanol–water partition coefficient (Wildman–Crippen LogP) is 3.78. The van der Waals surface area contributed by atoms with Gasteiger partial charge in [0.15, 0.2) is 5.43 Å². The molecule has 0 aliphatic heterocycles. The van der Waals surface area contributed by atoms with E-state index in [4.69, 9.17) is 4.84 Å². The lowest BCUT2D eigenvalue weighted by Gasteiger charge is -2.13. The Bertz CT molecular complexity index is 976. The highest BCUT2D eigenvalue weighted by molar-refractivity contribution is 6.02. The van der Waals surface area contributed by atoms with E-state index in [-0.39, 0.29) is 5.43 Å². The minimum Gasteiger partial charge on any atom is -0.410 e. The van der Waals surface area contributed by atoms with Gasteiger partial charge >= 0.3 is 0 Å². The number of benzene rings is 3. The first-order chi connectivity index (χ1) is 11.3. The van der Waals surface area contributed by atoms with Gasteiger partial charge in [0.2, 0.25) is 0 Å². The van der Waals surface area contributed by atoms with Gasteiger partial charge in [-0.25, -0.2) is 0 Å². The summed E-state index contributed by atoms with van der Waals surface area (Å²) in [6, 6.07) is 21.8. The van der Waals surface area contributed by atoms with Crippen LogP contribution in [-0.4, -0.2) is 4.73 Å². The van der Waals surface area contributed by atoms with Gasteiger partial charge in [0, 0.05) is 30.1 Å². The molecule has 0 bridgehead atoms. The van der Waals surface area contributed by atoms with E-state index in [1.165, 1.54) is 33.7 Å². The van der Waals surface area contributed by atoms with Crippen molar-refractivity contribution < 1.29 is 4.84 Å². The molecule has 0 atom stereocenters. The summed E-state index contributed by atoms with van der Waals surface area (Å²) in [5.41, 5.74) is 1.12. The summed E-state index contributed by atoms with van der Waals surface area (Å²) < 4.78 is 1.57. The molecule has 0 N–H and O–H groups in total. The second kappa shape index (κ2) is 5.61. The molecule has 23 heavy (non-hydrogen) atoms. The molecule has 4 rings (SSSR count). The number of pyridine rings is 1. The van der Waals surface area contributed by atoms with Crippen molar-refractivity contribution >= 4 is 21.5 Å². The highest BCUT2D eigenvalue weighted by Gasteiger charge is 2.08. The van der Waals surface area contributed by atoms with Crippen molar-refractivity contribution in [3.05, 3.63) is 94.9 Å². The fourth-order valence-corrected chi connectivity index (χ4v) is 2.89. The number of nitrogens with zero attached hydrogens (tertiary/aromatic N) is 1. The van der Waals surface area contributed by atoms with Crippen LogP contribution in [0.25, 0.3) is 21.5 Å². The van der Waals surface area contributed by atoms with E-state index in [1.807, 2.05) is 24.3 Å². The largest absolute Gasteiger partial charge is 0.410 e. The van der Waals surface area contributed by atoms with Crippen molar-refractivity contribution in [3.63, 3.8) is 0 Å². The van der Waals surface area contributed by atoms with Gasteiger partial charge in [0.25, 0.3) is 0 Å². The monoisotopic (exact) mass is 301 g/mol. The van der Waals surface area contributed by atoms with Crippen LogP contribution in [0.4, 0.5) is 0 Å². The molecule has 0 saturated carbocycles. The first-order valence-electron chi connectivity index (χ1n) is 7.52. The molecule has 0 saturated heterocycles. The van der Waals surface area contributed by atoms with Crippen molar-refractivity contribution in [1.82, 2.24) is 4.73 Å². The number of aromatic nitrogens is 1. The van der Waals surface area contributed by atoms with Crippen LogP contribution in [0.15, 0.2) is 83.9 Å². The summed E-state index contributed by atoms with van der Waals surface area (Å²) >= 11 is 0. The van der Waals surface area contributed by atoms with Gasteiger partial charge in [-0.1, -0.05) is 48.5 Å². The smallest absolute Gasteiger partial charge is 0.181 e. The highest BCUT2D eigenvalue weighted by Crippen LogP contribution is 2.28. The van der Waals surface area contributed by atoms with Crippen molar-refractivity contribution in [3.8, 4) is 0 Å². The summed E-state index contributed by atoms with van der Waals surface area (Å²) in [5.74, 6) is 0. The molecular weight excluding hydrogens is 286 g/mol. The van der Waals surface area contributed by atoms with E-state index < -0.39 is 0 Å². The second-order valence-electron chi connectivity index (χ2n) is 5.46. The second-order valence-corrected chi connectivity index (χ2v) is 5.46. The molecule has 3 heteroatoms. The van der Waals surface area contributed by atoms with E-state index in [1.54, 1.807) is 17.1 Å². The van der Waals surface area contributed by atoms with Crippen molar-refractivity contribution in [2.75, 3.05) is 0 Å². The average Bonchev–Trinajstić information content (AvgIpc) is 2.60. The van der Waals surface area contributed by atoms with Crippen LogP contribution < -0.4 is 10.3 Å². The third kappa shape index (κ3) is 2.57. The Morgan fingerprint density at radius 2 is 1.35 bits per heavy atom. The van der Waals surface area contributed by atoms with E-state index in [0.29, 0.717) is 6.61 Å². The molecule has 3 nitrogen and oxygen atoms in total. The van der Waals surface area contributed by atoms with Crippen molar-refractivity contribution in [2.24, 2.45) is 0 Å². The molecule has 0 radical (unpaired) electrons. The van der Waals surface area contributed by atoms with E-state index in [2.05, 4.69) is 30.3 Å².